The number of fused-ring (bicyclic) bond motifs is 2. The molecule has 3 heteroatoms. The maximum Gasteiger partial charge on any atom is 0.131 e. The lowest BCUT2D eigenvalue weighted by atomic mass is 9.73. The van der Waals surface area contributed by atoms with E-state index in [-0.39, 0.29) is 0 Å². The molecule has 0 fully saturated rings. The first-order valence-electron chi connectivity index (χ1n) is 5.04. The molecule has 76 valence electrons. The number of rotatable bonds is 0. The second-order valence-electron chi connectivity index (χ2n) is 3.81. The molecule has 0 amide bonds. The summed E-state index contributed by atoms with van der Waals surface area (Å²) in [6, 6.07) is 15.6. The van der Waals surface area contributed by atoms with Crippen LogP contribution in [0.2, 0.25) is 0 Å². The van der Waals surface area contributed by atoms with E-state index in [0.717, 1.165) is 22.6 Å². The van der Waals surface area contributed by atoms with Gasteiger partial charge in [-0.1, -0.05) is 52.3 Å². The summed E-state index contributed by atoms with van der Waals surface area (Å²) in [5.74, 6) is 1.61. The number of ether oxygens (including phenoxy) is 1. The SMILES string of the molecule is [B]C1(Br)c2ccccc2Oc2ccccc21. The molecule has 0 aliphatic carbocycles. The predicted molar refractivity (Wildman–Crippen MR) is 68.4 cm³/mol. The zero-order chi connectivity index (χ0) is 11.2. The van der Waals surface area contributed by atoms with E-state index >= 15 is 0 Å². The Morgan fingerprint density at radius 2 is 1.31 bits per heavy atom. The van der Waals surface area contributed by atoms with Crippen molar-refractivity contribution in [2.24, 2.45) is 0 Å². The van der Waals surface area contributed by atoms with E-state index < -0.39 is 4.22 Å². The quantitative estimate of drug-likeness (QED) is 0.525. The topological polar surface area (TPSA) is 9.23 Å². The number of hydrogen-bond donors (Lipinski definition) is 0. The molecule has 0 atom stereocenters. The number of hydrogen-bond acceptors (Lipinski definition) is 1. The van der Waals surface area contributed by atoms with Crippen LogP contribution in [0.4, 0.5) is 0 Å². The van der Waals surface area contributed by atoms with Crippen LogP contribution in [0.5, 0.6) is 11.5 Å². The van der Waals surface area contributed by atoms with Crippen molar-refractivity contribution in [3.8, 4) is 11.5 Å². The molecule has 0 spiro atoms. The molecule has 3 rings (SSSR count). The minimum absolute atomic E-state index is 0.668. The molecule has 2 aromatic carbocycles. The number of benzene rings is 2. The summed E-state index contributed by atoms with van der Waals surface area (Å²) in [5.41, 5.74) is 1.91. The van der Waals surface area contributed by atoms with E-state index in [1.807, 2.05) is 48.5 Å². The van der Waals surface area contributed by atoms with Crippen LogP contribution in [0.25, 0.3) is 0 Å². The van der Waals surface area contributed by atoms with Crippen LogP contribution in [-0.4, -0.2) is 7.85 Å². The van der Waals surface area contributed by atoms with Crippen molar-refractivity contribution < 1.29 is 4.74 Å². The van der Waals surface area contributed by atoms with Gasteiger partial charge in [-0.15, -0.1) is 0 Å². The zero-order valence-electron chi connectivity index (χ0n) is 8.48. The van der Waals surface area contributed by atoms with Crippen molar-refractivity contribution >= 4 is 23.8 Å². The van der Waals surface area contributed by atoms with Gasteiger partial charge in [-0.25, -0.2) is 0 Å². The first-order chi connectivity index (χ1) is 7.69. The van der Waals surface area contributed by atoms with Crippen molar-refractivity contribution in [2.75, 3.05) is 0 Å². The average Bonchev–Trinajstić information content (AvgIpc) is 2.29. The molecule has 2 aromatic rings. The minimum Gasteiger partial charge on any atom is -0.457 e. The van der Waals surface area contributed by atoms with E-state index in [4.69, 9.17) is 12.6 Å². The lowest BCUT2D eigenvalue weighted by Gasteiger charge is -2.33. The normalized spacial score (nSPS) is 15.8. The number of para-hydroxylation sites is 2. The molecule has 0 saturated heterocycles. The summed E-state index contributed by atoms with van der Waals surface area (Å²) >= 11 is 3.59. The van der Waals surface area contributed by atoms with Gasteiger partial charge in [-0.05, 0) is 12.1 Å². The van der Waals surface area contributed by atoms with Crippen molar-refractivity contribution in [3.05, 3.63) is 59.7 Å². The van der Waals surface area contributed by atoms with Crippen LogP contribution in [0.1, 0.15) is 11.1 Å². The number of halogens is 1. The van der Waals surface area contributed by atoms with Crippen molar-refractivity contribution in [1.82, 2.24) is 0 Å². The maximum absolute atomic E-state index is 6.34. The van der Waals surface area contributed by atoms with E-state index in [2.05, 4.69) is 15.9 Å². The fourth-order valence-corrected chi connectivity index (χ4v) is 2.63. The second-order valence-corrected chi connectivity index (χ2v) is 5.06. The highest BCUT2D eigenvalue weighted by Gasteiger charge is 2.34. The lowest BCUT2D eigenvalue weighted by molar-refractivity contribution is 0.455. The zero-order valence-corrected chi connectivity index (χ0v) is 10.1. The molecule has 16 heavy (non-hydrogen) atoms. The molecule has 1 aliphatic rings. The first kappa shape index (κ1) is 9.97. The van der Waals surface area contributed by atoms with Gasteiger partial charge in [-0.3, -0.25) is 0 Å². The third-order valence-corrected chi connectivity index (χ3v) is 3.63. The highest BCUT2D eigenvalue weighted by Crippen LogP contribution is 2.49. The summed E-state index contributed by atoms with van der Waals surface area (Å²) in [4.78, 5) is 0. The van der Waals surface area contributed by atoms with E-state index in [0.29, 0.717) is 0 Å². The van der Waals surface area contributed by atoms with Crippen LogP contribution < -0.4 is 4.74 Å². The molecule has 0 bridgehead atoms. The second kappa shape index (κ2) is 3.39. The van der Waals surface area contributed by atoms with Crippen LogP contribution in [0.3, 0.4) is 0 Å². The monoisotopic (exact) mass is 270 g/mol. The Labute approximate surface area is 104 Å². The van der Waals surface area contributed by atoms with Gasteiger partial charge in [0.15, 0.2) is 0 Å². The van der Waals surface area contributed by atoms with E-state index in [1.54, 1.807) is 0 Å². The van der Waals surface area contributed by atoms with Gasteiger partial charge in [0.1, 0.15) is 19.3 Å². The van der Waals surface area contributed by atoms with Crippen molar-refractivity contribution in [1.29, 1.82) is 0 Å². The fraction of sp³-hybridized carbons (Fsp3) is 0.0769. The van der Waals surface area contributed by atoms with Gasteiger partial charge in [-0.2, -0.15) is 0 Å². The molecule has 0 unspecified atom stereocenters. The largest absolute Gasteiger partial charge is 0.457 e. The molecule has 0 aromatic heterocycles. The van der Waals surface area contributed by atoms with Gasteiger partial charge in [0.25, 0.3) is 0 Å². The summed E-state index contributed by atoms with van der Waals surface area (Å²) in [6.45, 7) is 0. The molecule has 1 nitrogen and oxygen atoms in total. The maximum atomic E-state index is 6.34. The smallest absolute Gasteiger partial charge is 0.131 e. The summed E-state index contributed by atoms with van der Waals surface area (Å²) in [5, 5.41) is 0. The van der Waals surface area contributed by atoms with Crippen LogP contribution >= 0.6 is 15.9 Å². The Kier molecular flexibility index (Phi) is 2.11. The van der Waals surface area contributed by atoms with Crippen LogP contribution in [0.15, 0.2) is 48.5 Å². The van der Waals surface area contributed by atoms with Gasteiger partial charge < -0.3 is 4.74 Å². The van der Waals surface area contributed by atoms with E-state index in [1.165, 1.54) is 0 Å². The van der Waals surface area contributed by atoms with Gasteiger partial charge in [0, 0.05) is 15.4 Å². The molecule has 0 saturated carbocycles. The van der Waals surface area contributed by atoms with Crippen molar-refractivity contribution in [2.45, 2.75) is 4.22 Å². The third kappa shape index (κ3) is 1.31. The Hall–Kier alpha value is -1.22. The van der Waals surface area contributed by atoms with Gasteiger partial charge >= 0.3 is 0 Å². The molecule has 0 N–H and O–H groups in total. The fourth-order valence-electron chi connectivity index (χ4n) is 1.98. The summed E-state index contributed by atoms with van der Waals surface area (Å²) in [6.07, 6.45) is 0. The Bertz CT molecular complexity index is 504. The first-order valence-corrected chi connectivity index (χ1v) is 5.83. The highest BCUT2D eigenvalue weighted by atomic mass is 79.9. The highest BCUT2D eigenvalue weighted by molar-refractivity contribution is 9.10. The predicted octanol–water partition coefficient (Wildman–Crippen LogP) is 3.56. The summed E-state index contributed by atoms with van der Waals surface area (Å²) < 4.78 is 5.13. The summed E-state index contributed by atoms with van der Waals surface area (Å²) in [7, 11) is 6.34. The molecule has 2 radical (unpaired) electrons. The molecule has 1 aliphatic heterocycles. The molecular formula is C13H8BBrO. The van der Waals surface area contributed by atoms with Crippen LogP contribution in [0, 0.1) is 0 Å². The van der Waals surface area contributed by atoms with Gasteiger partial charge in [0.05, 0.1) is 0 Å². The van der Waals surface area contributed by atoms with E-state index in [9.17, 15) is 0 Å². The number of alkyl halides is 1. The Morgan fingerprint density at radius 3 is 1.81 bits per heavy atom. The molecule has 1 heterocycles. The standard InChI is InChI=1S/C13H8BBrO/c14-13(15)9-5-1-3-7-11(9)16-12-8-4-2-6-10(12)13/h1-8H. The van der Waals surface area contributed by atoms with Crippen LogP contribution in [-0.2, 0) is 4.22 Å². The van der Waals surface area contributed by atoms with Gasteiger partial charge in [0.2, 0.25) is 0 Å². The van der Waals surface area contributed by atoms with Crippen molar-refractivity contribution in [3.63, 3.8) is 0 Å². The lowest BCUT2D eigenvalue weighted by Crippen LogP contribution is -2.24. The Morgan fingerprint density at radius 1 is 0.875 bits per heavy atom. The average molecular weight is 271 g/mol. The molecular weight excluding hydrogens is 263 g/mol. The minimum atomic E-state index is -0.668. The Balaban J connectivity index is 2.28. The third-order valence-electron chi connectivity index (χ3n) is 2.78.